The molecule has 0 aliphatic rings. The first-order valence-corrected chi connectivity index (χ1v) is 9.59. The predicted octanol–water partition coefficient (Wildman–Crippen LogP) is 4.52. The van der Waals surface area contributed by atoms with E-state index in [4.69, 9.17) is 16.3 Å². The van der Waals surface area contributed by atoms with E-state index in [0.717, 1.165) is 21.5 Å². The molecular formula is C20H19ClN2O2S. The van der Waals surface area contributed by atoms with Gasteiger partial charge in [0.1, 0.15) is 12.4 Å². The van der Waals surface area contributed by atoms with Crippen molar-refractivity contribution < 1.29 is 9.53 Å². The molecule has 1 aromatic heterocycles. The highest BCUT2D eigenvalue weighted by molar-refractivity contribution is 8.00. The summed E-state index contributed by atoms with van der Waals surface area (Å²) in [5, 5.41) is 1.74. The summed E-state index contributed by atoms with van der Waals surface area (Å²) in [7, 11) is 1.79. The summed E-state index contributed by atoms with van der Waals surface area (Å²) in [6.07, 6.45) is 1.78. The Morgan fingerprint density at radius 1 is 1.15 bits per heavy atom. The Kier molecular flexibility index (Phi) is 6.36. The first-order chi connectivity index (χ1) is 12.6. The second-order valence-electron chi connectivity index (χ2n) is 5.73. The number of amides is 1. The number of benzene rings is 2. The zero-order chi connectivity index (χ0) is 18.4. The molecule has 0 radical (unpaired) electrons. The molecule has 0 aliphatic heterocycles. The van der Waals surface area contributed by atoms with Crippen molar-refractivity contribution in [1.29, 1.82) is 0 Å². The number of pyridine rings is 1. The Labute approximate surface area is 162 Å². The van der Waals surface area contributed by atoms with Gasteiger partial charge in [-0.1, -0.05) is 29.8 Å². The lowest BCUT2D eigenvalue weighted by atomic mass is 10.2. The molecule has 4 nitrogen and oxygen atoms in total. The lowest BCUT2D eigenvalue weighted by Crippen LogP contribution is -2.32. The summed E-state index contributed by atoms with van der Waals surface area (Å²) in [5.41, 5.74) is 0.940. The number of aromatic nitrogens is 1. The Balaban J connectivity index is 1.48. The molecule has 0 saturated heterocycles. The van der Waals surface area contributed by atoms with Crippen molar-refractivity contribution in [3.8, 4) is 5.75 Å². The Hall–Kier alpha value is -2.24. The van der Waals surface area contributed by atoms with Crippen molar-refractivity contribution in [2.24, 2.45) is 0 Å². The second-order valence-corrected chi connectivity index (χ2v) is 7.19. The quantitative estimate of drug-likeness (QED) is 0.560. The summed E-state index contributed by atoms with van der Waals surface area (Å²) in [6, 6.07) is 17.1. The molecule has 0 spiro atoms. The standard InChI is InChI=1S/C20H19ClN2O2S/c1-23(12-13-25-16-8-6-15(21)7-9-16)20(24)14-26-19-10-11-22-18-5-3-2-4-17(18)19/h2-11H,12-14H2,1H3. The van der Waals surface area contributed by atoms with Gasteiger partial charge in [-0.25, -0.2) is 0 Å². The van der Waals surface area contributed by atoms with Crippen LogP contribution in [-0.2, 0) is 4.79 Å². The monoisotopic (exact) mass is 386 g/mol. The summed E-state index contributed by atoms with van der Waals surface area (Å²) in [4.78, 5) is 19.5. The van der Waals surface area contributed by atoms with Crippen LogP contribution in [0.4, 0.5) is 0 Å². The molecule has 134 valence electrons. The van der Waals surface area contributed by atoms with Crippen LogP contribution in [0.25, 0.3) is 10.9 Å². The van der Waals surface area contributed by atoms with Crippen LogP contribution < -0.4 is 4.74 Å². The van der Waals surface area contributed by atoms with E-state index in [1.54, 1.807) is 30.3 Å². The molecule has 26 heavy (non-hydrogen) atoms. The minimum absolute atomic E-state index is 0.0654. The third kappa shape index (κ3) is 4.90. The molecule has 6 heteroatoms. The molecule has 1 amide bonds. The van der Waals surface area contributed by atoms with Gasteiger partial charge in [-0.15, -0.1) is 11.8 Å². The van der Waals surface area contributed by atoms with Crippen molar-refractivity contribution in [2.45, 2.75) is 4.90 Å². The first-order valence-electron chi connectivity index (χ1n) is 8.22. The van der Waals surface area contributed by atoms with Crippen molar-refractivity contribution in [1.82, 2.24) is 9.88 Å². The van der Waals surface area contributed by atoms with E-state index < -0.39 is 0 Å². The van der Waals surface area contributed by atoms with Crippen LogP contribution in [0.5, 0.6) is 5.75 Å². The molecule has 2 aromatic carbocycles. The highest BCUT2D eigenvalue weighted by Gasteiger charge is 2.11. The minimum Gasteiger partial charge on any atom is -0.492 e. The number of ether oxygens (including phenoxy) is 1. The summed E-state index contributed by atoms with van der Waals surface area (Å²) < 4.78 is 5.63. The number of hydrogen-bond donors (Lipinski definition) is 0. The van der Waals surface area contributed by atoms with Crippen molar-refractivity contribution >= 4 is 40.2 Å². The molecule has 0 fully saturated rings. The summed E-state index contributed by atoms with van der Waals surface area (Å²) in [5.74, 6) is 1.19. The fourth-order valence-electron chi connectivity index (χ4n) is 2.40. The molecule has 0 N–H and O–H groups in total. The number of hydrogen-bond acceptors (Lipinski definition) is 4. The molecule has 1 heterocycles. The van der Waals surface area contributed by atoms with Crippen LogP contribution in [0, 0.1) is 0 Å². The number of carbonyl (C=O) groups is 1. The number of thioether (sulfide) groups is 1. The second kappa shape index (κ2) is 8.92. The highest BCUT2D eigenvalue weighted by atomic mass is 35.5. The van der Waals surface area contributed by atoms with Crippen molar-refractivity contribution in [3.63, 3.8) is 0 Å². The van der Waals surface area contributed by atoms with Gasteiger partial charge in [0.15, 0.2) is 0 Å². The highest BCUT2D eigenvalue weighted by Crippen LogP contribution is 2.26. The molecule has 0 saturated carbocycles. The van der Waals surface area contributed by atoms with Gasteiger partial charge in [0.25, 0.3) is 0 Å². The molecule has 3 rings (SSSR count). The van der Waals surface area contributed by atoms with Crippen molar-refractivity contribution in [3.05, 3.63) is 65.8 Å². The van der Waals surface area contributed by atoms with E-state index in [0.29, 0.717) is 23.9 Å². The van der Waals surface area contributed by atoms with E-state index in [1.807, 2.05) is 42.5 Å². The summed E-state index contributed by atoms with van der Waals surface area (Å²) in [6.45, 7) is 0.964. The average Bonchev–Trinajstić information content (AvgIpc) is 2.67. The molecule has 0 bridgehead atoms. The number of halogens is 1. The van der Waals surface area contributed by atoms with Crippen LogP contribution >= 0.6 is 23.4 Å². The van der Waals surface area contributed by atoms with E-state index in [-0.39, 0.29) is 5.91 Å². The SMILES string of the molecule is CN(CCOc1ccc(Cl)cc1)C(=O)CSc1ccnc2ccccc12. The van der Waals surface area contributed by atoms with E-state index >= 15 is 0 Å². The van der Waals surface area contributed by atoms with Gasteiger partial charge >= 0.3 is 0 Å². The fraction of sp³-hybridized carbons (Fsp3) is 0.200. The number of likely N-dealkylation sites (N-methyl/N-ethyl adjacent to an activating group) is 1. The molecule has 0 aliphatic carbocycles. The number of nitrogens with zero attached hydrogens (tertiary/aromatic N) is 2. The number of fused-ring (bicyclic) bond motifs is 1. The maximum Gasteiger partial charge on any atom is 0.232 e. The van der Waals surface area contributed by atoms with Crippen molar-refractivity contribution in [2.75, 3.05) is 26.0 Å². The van der Waals surface area contributed by atoms with Gasteiger partial charge in [-0.2, -0.15) is 0 Å². The number of rotatable bonds is 7. The van der Waals surface area contributed by atoms with Gasteiger partial charge in [0, 0.05) is 28.5 Å². The molecular weight excluding hydrogens is 368 g/mol. The maximum absolute atomic E-state index is 12.4. The third-order valence-corrected chi connectivity index (χ3v) is 5.21. The number of carbonyl (C=O) groups excluding carboxylic acids is 1. The van der Waals surface area contributed by atoms with E-state index in [1.165, 1.54) is 11.8 Å². The lowest BCUT2D eigenvalue weighted by Gasteiger charge is -2.17. The largest absolute Gasteiger partial charge is 0.492 e. The Morgan fingerprint density at radius 2 is 1.92 bits per heavy atom. The van der Waals surface area contributed by atoms with Crippen LogP contribution in [0.15, 0.2) is 65.7 Å². The van der Waals surface area contributed by atoms with Crippen LogP contribution in [-0.4, -0.2) is 41.7 Å². The summed E-state index contributed by atoms with van der Waals surface area (Å²) >= 11 is 7.38. The predicted molar refractivity (Wildman–Crippen MR) is 107 cm³/mol. The lowest BCUT2D eigenvalue weighted by molar-refractivity contribution is -0.127. The zero-order valence-corrected chi connectivity index (χ0v) is 16.0. The molecule has 0 atom stereocenters. The van der Waals surface area contributed by atoms with E-state index in [9.17, 15) is 4.79 Å². The maximum atomic E-state index is 12.4. The van der Waals surface area contributed by atoms with Gasteiger partial charge < -0.3 is 9.64 Å². The number of para-hydroxylation sites is 1. The average molecular weight is 387 g/mol. The van der Waals surface area contributed by atoms with Crippen LogP contribution in [0.2, 0.25) is 5.02 Å². The fourth-order valence-corrected chi connectivity index (χ4v) is 3.51. The van der Waals surface area contributed by atoms with Crippen LogP contribution in [0.1, 0.15) is 0 Å². The topological polar surface area (TPSA) is 42.4 Å². The Bertz CT molecular complexity index is 881. The third-order valence-electron chi connectivity index (χ3n) is 3.90. The Morgan fingerprint density at radius 3 is 2.73 bits per heavy atom. The normalized spacial score (nSPS) is 10.7. The van der Waals surface area contributed by atoms with Gasteiger partial charge in [0.05, 0.1) is 17.8 Å². The minimum atomic E-state index is 0.0654. The van der Waals surface area contributed by atoms with Crippen LogP contribution in [0.3, 0.4) is 0 Å². The van der Waals surface area contributed by atoms with Gasteiger partial charge in [0.2, 0.25) is 5.91 Å². The molecule has 3 aromatic rings. The van der Waals surface area contributed by atoms with Gasteiger partial charge in [-0.3, -0.25) is 9.78 Å². The smallest absolute Gasteiger partial charge is 0.232 e. The zero-order valence-electron chi connectivity index (χ0n) is 14.4. The molecule has 0 unspecified atom stereocenters. The van der Waals surface area contributed by atoms with E-state index in [2.05, 4.69) is 4.98 Å². The van der Waals surface area contributed by atoms with Gasteiger partial charge in [-0.05, 0) is 36.4 Å². The first kappa shape index (κ1) is 18.5.